The van der Waals surface area contributed by atoms with Crippen LogP contribution < -0.4 is 5.56 Å². The predicted octanol–water partition coefficient (Wildman–Crippen LogP) is 2.83. The molecule has 66 valence electrons. The van der Waals surface area contributed by atoms with Crippen LogP contribution in [0.4, 0.5) is 0 Å². The van der Waals surface area contributed by atoms with Crippen molar-refractivity contribution >= 4 is 34.0 Å². The molecule has 2 rings (SSSR count). The normalized spacial score (nSPS) is 10.6. The zero-order valence-electron chi connectivity index (χ0n) is 6.47. The second kappa shape index (κ2) is 3.05. The third-order valence-corrected chi connectivity index (χ3v) is 2.21. The van der Waals surface area contributed by atoms with Gasteiger partial charge in [0, 0.05) is 10.4 Å². The van der Waals surface area contributed by atoms with E-state index in [2.05, 4.69) is 4.98 Å². The van der Waals surface area contributed by atoms with Gasteiger partial charge < -0.3 is 4.98 Å². The van der Waals surface area contributed by atoms with Gasteiger partial charge in [0.1, 0.15) is 5.15 Å². The molecule has 0 aliphatic rings. The van der Waals surface area contributed by atoms with Gasteiger partial charge in [0.25, 0.3) is 5.56 Å². The van der Waals surface area contributed by atoms with Crippen molar-refractivity contribution in [2.24, 2.45) is 0 Å². The quantitative estimate of drug-likeness (QED) is 0.672. The molecule has 1 heterocycles. The minimum atomic E-state index is -0.218. The minimum Gasteiger partial charge on any atom is -0.312 e. The number of hydrogen-bond donors (Lipinski definition) is 1. The molecule has 0 aliphatic carbocycles. The van der Waals surface area contributed by atoms with Crippen LogP contribution in [-0.4, -0.2) is 4.98 Å². The highest BCUT2D eigenvalue weighted by Crippen LogP contribution is 2.17. The second-order valence-corrected chi connectivity index (χ2v) is 3.52. The first-order valence-electron chi connectivity index (χ1n) is 3.65. The molecule has 0 fully saturated rings. The Hall–Kier alpha value is -0.990. The van der Waals surface area contributed by atoms with Gasteiger partial charge in [-0.25, -0.2) is 0 Å². The first-order chi connectivity index (χ1) is 6.16. The molecule has 1 aromatic heterocycles. The molecule has 0 atom stereocenters. The van der Waals surface area contributed by atoms with Gasteiger partial charge in [-0.3, -0.25) is 4.79 Å². The first-order valence-corrected chi connectivity index (χ1v) is 4.40. The fourth-order valence-electron chi connectivity index (χ4n) is 1.20. The van der Waals surface area contributed by atoms with Crippen molar-refractivity contribution in [1.29, 1.82) is 0 Å². The molecule has 0 bridgehead atoms. The molecule has 0 saturated carbocycles. The van der Waals surface area contributed by atoms with Crippen LogP contribution in [-0.2, 0) is 0 Å². The van der Waals surface area contributed by atoms with Crippen molar-refractivity contribution < 1.29 is 0 Å². The van der Waals surface area contributed by atoms with Gasteiger partial charge in [0.2, 0.25) is 0 Å². The molecule has 0 aliphatic heterocycles. The summed E-state index contributed by atoms with van der Waals surface area (Å²) in [6.45, 7) is 0. The summed E-state index contributed by atoms with van der Waals surface area (Å²) in [4.78, 5) is 13.8. The van der Waals surface area contributed by atoms with E-state index in [4.69, 9.17) is 23.2 Å². The predicted molar refractivity (Wildman–Crippen MR) is 54.6 cm³/mol. The van der Waals surface area contributed by atoms with Gasteiger partial charge in [-0.05, 0) is 23.6 Å². The van der Waals surface area contributed by atoms with Gasteiger partial charge in [-0.15, -0.1) is 0 Å². The lowest BCUT2D eigenvalue weighted by atomic mass is 10.2. The van der Waals surface area contributed by atoms with Crippen molar-refractivity contribution in [2.45, 2.75) is 0 Å². The van der Waals surface area contributed by atoms with E-state index in [0.29, 0.717) is 15.6 Å². The summed E-state index contributed by atoms with van der Waals surface area (Å²) < 4.78 is 0. The monoisotopic (exact) mass is 213 g/mol. The van der Waals surface area contributed by atoms with Crippen LogP contribution in [0.2, 0.25) is 10.2 Å². The zero-order valence-corrected chi connectivity index (χ0v) is 7.99. The van der Waals surface area contributed by atoms with E-state index in [0.717, 1.165) is 5.39 Å². The molecule has 4 heteroatoms. The molecule has 0 spiro atoms. The molecular weight excluding hydrogens is 209 g/mol. The number of rotatable bonds is 0. The van der Waals surface area contributed by atoms with E-state index >= 15 is 0 Å². The summed E-state index contributed by atoms with van der Waals surface area (Å²) in [5.41, 5.74) is -0.218. The summed E-state index contributed by atoms with van der Waals surface area (Å²) in [6, 6.07) is 6.79. The maximum Gasteiger partial charge on any atom is 0.256 e. The highest BCUT2D eigenvalue weighted by molar-refractivity contribution is 6.31. The van der Waals surface area contributed by atoms with Crippen LogP contribution in [0, 0.1) is 0 Å². The Balaban J connectivity index is 2.95. The Kier molecular flexibility index (Phi) is 2.02. The average molecular weight is 214 g/mol. The number of halogens is 2. The number of nitrogens with one attached hydrogen (secondary N) is 1. The van der Waals surface area contributed by atoms with Gasteiger partial charge in [-0.2, -0.15) is 0 Å². The van der Waals surface area contributed by atoms with E-state index in [-0.39, 0.29) is 5.56 Å². The molecular formula is C9H5Cl2NO. The molecule has 0 saturated heterocycles. The Morgan fingerprint density at radius 3 is 2.69 bits per heavy atom. The summed E-state index contributed by atoms with van der Waals surface area (Å²) >= 11 is 11.4. The lowest BCUT2D eigenvalue weighted by Gasteiger charge is -1.97. The maximum atomic E-state index is 11.4. The fraction of sp³-hybridized carbons (Fsp3) is 0. The van der Waals surface area contributed by atoms with Crippen molar-refractivity contribution in [1.82, 2.24) is 4.98 Å². The van der Waals surface area contributed by atoms with Crippen LogP contribution in [0.25, 0.3) is 10.8 Å². The smallest absolute Gasteiger partial charge is 0.256 e. The molecule has 0 amide bonds. The summed E-state index contributed by atoms with van der Waals surface area (Å²) in [5.74, 6) is 0. The summed E-state index contributed by atoms with van der Waals surface area (Å²) in [7, 11) is 0. The van der Waals surface area contributed by atoms with Crippen molar-refractivity contribution in [3.63, 3.8) is 0 Å². The molecule has 2 aromatic rings. The Morgan fingerprint density at radius 1 is 1.15 bits per heavy atom. The molecule has 0 unspecified atom stereocenters. The molecule has 2 nitrogen and oxygen atoms in total. The lowest BCUT2D eigenvalue weighted by Crippen LogP contribution is -2.05. The second-order valence-electron chi connectivity index (χ2n) is 2.68. The van der Waals surface area contributed by atoms with Crippen LogP contribution in [0.15, 0.2) is 29.1 Å². The van der Waals surface area contributed by atoms with E-state index in [1.807, 2.05) is 0 Å². The molecule has 13 heavy (non-hydrogen) atoms. The average Bonchev–Trinajstić information content (AvgIpc) is 2.06. The van der Waals surface area contributed by atoms with Gasteiger partial charge in [-0.1, -0.05) is 29.3 Å². The fourth-order valence-corrected chi connectivity index (χ4v) is 1.57. The largest absolute Gasteiger partial charge is 0.312 e. The number of hydrogen-bond acceptors (Lipinski definition) is 1. The molecule has 0 radical (unpaired) electrons. The van der Waals surface area contributed by atoms with Gasteiger partial charge >= 0.3 is 0 Å². The van der Waals surface area contributed by atoms with Crippen molar-refractivity contribution in [3.8, 4) is 0 Å². The molecule has 1 aromatic carbocycles. The number of fused-ring (bicyclic) bond motifs is 1. The Morgan fingerprint density at radius 2 is 1.92 bits per heavy atom. The van der Waals surface area contributed by atoms with Crippen LogP contribution >= 0.6 is 23.2 Å². The van der Waals surface area contributed by atoms with Crippen LogP contribution in [0.5, 0.6) is 0 Å². The number of H-pyrrole nitrogens is 1. The van der Waals surface area contributed by atoms with Crippen molar-refractivity contribution in [2.75, 3.05) is 0 Å². The van der Waals surface area contributed by atoms with Gasteiger partial charge in [0.05, 0.1) is 0 Å². The third kappa shape index (κ3) is 1.55. The lowest BCUT2D eigenvalue weighted by molar-refractivity contribution is 1.28. The molecule has 1 N–H and O–H groups in total. The number of pyridine rings is 1. The van der Waals surface area contributed by atoms with Gasteiger partial charge in [0.15, 0.2) is 0 Å². The van der Waals surface area contributed by atoms with E-state index < -0.39 is 0 Å². The maximum absolute atomic E-state index is 11.4. The third-order valence-electron chi connectivity index (χ3n) is 1.78. The van der Waals surface area contributed by atoms with E-state index in [9.17, 15) is 4.79 Å². The van der Waals surface area contributed by atoms with E-state index in [1.54, 1.807) is 24.3 Å². The first kappa shape index (κ1) is 8.60. The number of benzene rings is 1. The highest BCUT2D eigenvalue weighted by atomic mass is 35.5. The van der Waals surface area contributed by atoms with Crippen LogP contribution in [0.3, 0.4) is 0 Å². The Bertz CT molecular complexity index is 518. The van der Waals surface area contributed by atoms with E-state index in [1.165, 1.54) is 0 Å². The van der Waals surface area contributed by atoms with Crippen molar-refractivity contribution in [3.05, 3.63) is 44.8 Å². The summed E-state index contributed by atoms with van der Waals surface area (Å²) in [6.07, 6.45) is 0. The summed E-state index contributed by atoms with van der Waals surface area (Å²) in [5, 5.41) is 2.22. The highest BCUT2D eigenvalue weighted by Gasteiger charge is 2.00. The number of aromatic nitrogens is 1. The SMILES string of the molecule is O=c1[nH]c(Cl)cc2ccc(Cl)cc12. The topological polar surface area (TPSA) is 32.9 Å². The van der Waals surface area contributed by atoms with Crippen LogP contribution in [0.1, 0.15) is 0 Å². The number of aromatic amines is 1. The minimum absolute atomic E-state index is 0.218. The standard InChI is InChI=1S/C9H5Cl2NO/c10-6-2-1-5-3-8(11)12-9(13)7(5)4-6/h1-4H,(H,12,13). The Labute approximate surface area is 84.1 Å². The zero-order chi connectivity index (χ0) is 9.42.